The normalized spacial score (nSPS) is 11.9. The number of aliphatic carboxylic acids is 1. The summed E-state index contributed by atoms with van der Waals surface area (Å²) in [4.78, 5) is 12.0. The van der Waals surface area contributed by atoms with Gasteiger partial charge in [-0.1, -0.05) is 30.3 Å². The van der Waals surface area contributed by atoms with Crippen molar-refractivity contribution in [3.05, 3.63) is 59.7 Å². The van der Waals surface area contributed by atoms with Gasteiger partial charge in [0, 0.05) is 16.2 Å². The molecule has 0 saturated heterocycles. The van der Waals surface area contributed by atoms with Gasteiger partial charge in [0.15, 0.2) is 0 Å². The molecule has 0 fully saturated rings. The van der Waals surface area contributed by atoms with Crippen molar-refractivity contribution in [2.45, 2.75) is 23.1 Å². The summed E-state index contributed by atoms with van der Waals surface area (Å²) in [5, 5.41) is 8.88. The number of ether oxygens (including phenoxy) is 1. The maximum Gasteiger partial charge on any atom is 0.320 e. The van der Waals surface area contributed by atoms with Crippen LogP contribution in [0, 0.1) is 0 Å². The quantitative estimate of drug-likeness (QED) is 0.768. The molecule has 1 atom stereocenters. The van der Waals surface area contributed by atoms with Gasteiger partial charge in [-0.05, 0) is 30.2 Å². The van der Waals surface area contributed by atoms with Crippen LogP contribution in [0.1, 0.15) is 11.1 Å². The van der Waals surface area contributed by atoms with Crippen molar-refractivity contribution >= 4 is 17.7 Å². The highest BCUT2D eigenvalue weighted by Gasteiger charge is 2.13. The standard InChI is InChI=1S/C17H19NO3S/c1-21-16-10-12(9-15(18)17(19)20)7-8-13(16)11-22-14-5-3-2-4-6-14/h2-8,10,15H,9,11,18H2,1H3,(H,19,20). The number of carbonyl (C=O) groups is 1. The van der Waals surface area contributed by atoms with E-state index in [9.17, 15) is 4.79 Å². The summed E-state index contributed by atoms with van der Waals surface area (Å²) in [7, 11) is 1.62. The van der Waals surface area contributed by atoms with E-state index < -0.39 is 12.0 Å². The maximum atomic E-state index is 10.8. The molecule has 0 saturated carbocycles. The Morgan fingerprint density at radius 1 is 1.27 bits per heavy atom. The Morgan fingerprint density at radius 2 is 2.00 bits per heavy atom. The molecule has 0 aliphatic rings. The van der Waals surface area contributed by atoms with E-state index in [1.807, 2.05) is 36.4 Å². The number of hydrogen-bond donors (Lipinski definition) is 2. The van der Waals surface area contributed by atoms with Crippen LogP contribution in [0.4, 0.5) is 0 Å². The van der Waals surface area contributed by atoms with Crippen LogP contribution in [0.25, 0.3) is 0 Å². The Labute approximate surface area is 134 Å². The van der Waals surface area contributed by atoms with Gasteiger partial charge in [0.2, 0.25) is 0 Å². The first-order valence-corrected chi connectivity index (χ1v) is 7.90. The van der Waals surface area contributed by atoms with E-state index in [2.05, 4.69) is 12.1 Å². The van der Waals surface area contributed by atoms with Crippen LogP contribution in [-0.4, -0.2) is 24.2 Å². The van der Waals surface area contributed by atoms with E-state index in [1.165, 1.54) is 4.90 Å². The summed E-state index contributed by atoms with van der Waals surface area (Å²) in [6, 6.07) is 15.0. The van der Waals surface area contributed by atoms with Gasteiger partial charge in [-0.3, -0.25) is 4.79 Å². The Hall–Kier alpha value is -1.98. The second-order valence-electron chi connectivity index (χ2n) is 4.90. The largest absolute Gasteiger partial charge is 0.496 e. The number of rotatable bonds is 7. The second kappa shape index (κ2) is 7.87. The summed E-state index contributed by atoms with van der Waals surface area (Å²) in [6.07, 6.45) is 0.289. The van der Waals surface area contributed by atoms with E-state index in [-0.39, 0.29) is 6.42 Å². The van der Waals surface area contributed by atoms with Crippen molar-refractivity contribution in [1.29, 1.82) is 0 Å². The molecular formula is C17H19NO3S. The molecule has 22 heavy (non-hydrogen) atoms. The highest BCUT2D eigenvalue weighted by atomic mass is 32.2. The van der Waals surface area contributed by atoms with Crippen molar-refractivity contribution in [2.24, 2.45) is 5.73 Å². The van der Waals surface area contributed by atoms with E-state index >= 15 is 0 Å². The minimum Gasteiger partial charge on any atom is -0.496 e. The Kier molecular flexibility index (Phi) is 5.86. The van der Waals surface area contributed by atoms with Gasteiger partial charge < -0.3 is 15.6 Å². The molecule has 0 amide bonds. The van der Waals surface area contributed by atoms with Crippen molar-refractivity contribution in [3.8, 4) is 5.75 Å². The summed E-state index contributed by atoms with van der Waals surface area (Å²) in [5.41, 5.74) is 7.50. The molecule has 0 aromatic heterocycles. The fraction of sp³-hybridized carbons (Fsp3) is 0.235. The Bertz CT molecular complexity index is 631. The molecule has 116 valence electrons. The van der Waals surface area contributed by atoms with Gasteiger partial charge in [0.1, 0.15) is 11.8 Å². The molecule has 1 unspecified atom stereocenters. The van der Waals surface area contributed by atoms with Crippen LogP contribution in [0.2, 0.25) is 0 Å². The maximum absolute atomic E-state index is 10.8. The number of nitrogens with two attached hydrogens (primary N) is 1. The Morgan fingerprint density at radius 3 is 2.64 bits per heavy atom. The smallest absolute Gasteiger partial charge is 0.320 e. The zero-order valence-corrected chi connectivity index (χ0v) is 13.2. The molecule has 0 bridgehead atoms. The lowest BCUT2D eigenvalue weighted by Crippen LogP contribution is -2.32. The van der Waals surface area contributed by atoms with Crippen LogP contribution in [0.15, 0.2) is 53.4 Å². The molecule has 2 aromatic carbocycles. The molecule has 0 heterocycles. The zero-order valence-electron chi connectivity index (χ0n) is 12.4. The first-order valence-electron chi connectivity index (χ1n) is 6.92. The van der Waals surface area contributed by atoms with Crippen LogP contribution in [0.3, 0.4) is 0 Å². The highest BCUT2D eigenvalue weighted by Crippen LogP contribution is 2.29. The molecule has 2 aromatic rings. The van der Waals surface area contributed by atoms with E-state index in [0.29, 0.717) is 0 Å². The van der Waals surface area contributed by atoms with Crippen molar-refractivity contribution in [3.63, 3.8) is 0 Å². The summed E-state index contributed by atoms with van der Waals surface area (Å²) < 4.78 is 5.41. The molecule has 2 rings (SSSR count). The van der Waals surface area contributed by atoms with Gasteiger partial charge >= 0.3 is 5.97 Å². The number of benzene rings is 2. The monoisotopic (exact) mass is 317 g/mol. The molecule has 0 aliphatic carbocycles. The first kappa shape index (κ1) is 16.4. The molecule has 5 heteroatoms. The predicted octanol–water partition coefficient (Wildman–Crippen LogP) is 2.94. The number of methoxy groups -OCH3 is 1. The third-order valence-corrected chi connectivity index (χ3v) is 4.32. The Balaban J connectivity index is 2.07. The zero-order chi connectivity index (χ0) is 15.9. The fourth-order valence-electron chi connectivity index (χ4n) is 2.05. The summed E-state index contributed by atoms with van der Waals surface area (Å²) >= 11 is 1.73. The van der Waals surface area contributed by atoms with E-state index in [4.69, 9.17) is 15.6 Å². The van der Waals surface area contributed by atoms with Crippen LogP contribution < -0.4 is 10.5 Å². The lowest BCUT2D eigenvalue weighted by Gasteiger charge is -2.12. The number of thioether (sulfide) groups is 1. The third kappa shape index (κ3) is 4.51. The van der Waals surface area contributed by atoms with Crippen molar-refractivity contribution in [2.75, 3.05) is 7.11 Å². The van der Waals surface area contributed by atoms with Crippen LogP contribution in [-0.2, 0) is 17.0 Å². The number of carboxylic acids is 1. The lowest BCUT2D eigenvalue weighted by molar-refractivity contribution is -0.138. The van der Waals surface area contributed by atoms with Gasteiger partial charge in [-0.2, -0.15) is 0 Å². The average Bonchev–Trinajstić information content (AvgIpc) is 2.54. The second-order valence-corrected chi connectivity index (χ2v) is 5.95. The third-order valence-electron chi connectivity index (χ3n) is 3.26. The van der Waals surface area contributed by atoms with Crippen LogP contribution in [0.5, 0.6) is 5.75 Å². The summed E-state index contributed by atoms with van der Waals surface area (Å²) in [5.74, 6) is 0.555. The van der Waals surface area contributed by atoms with E-state index in [0.717, 1.165) is 22.6 Å². The van der Waals surface area contributed by atoms with Gasteiger partial charge in [0.25, 0.3) is 0 Å². The fourth-order valence-corrected chi connectivity index (χ4v) is 2.96. The van der Waals surface area contributed by atoms with E-state index in [1.54, 1.807) is 18.9 Å². The molecule has 0 aliphatic heterocycles. The molecule has 4 nitrogen and oxygen atoms in total. The number of carboxylic acid groups (broad SMARTS) is 1. The SMILES string of the molecule is COc1cc(CC(N)C(=O)O)ccc1CSc1ccccc1. The van der Waals surface area contributed by atoms with Gasteiger partial charge in [0.05, 0.1) is 7.11 Å². The summed E-state index contributed by atoms with van der Waals surface area (Å²) in [6.45, 7) is 0. The van der Waals surface area contributed by atoms with Crippen molar-refractivity contribution < 1.29 is 14.6 Å². The van der Waals surface area contributed by atoms with Crippen molar-refractivity contribution in [1.82, 2.24) is 0 Å². The molecule has 0 spiro atoms. The topological polar surface area (TPSA) is 72.5 Å². The van der Waals surface area contributed by atoms with Crippen LogP contribution >= 0.6 is 11.8 Å². The first-order chi connectivity index (χ1) is 10.6. The predicted molar refractivity (Wildman–Crippen MR) is 88.3 cm³/mol. The number of hydrogen-bond acceptors (Lipinski definition) is 4. The molecular weight excluding hydrogens is 298 g/mol. The van der Waals surface area contributed by atoms with Gasteiger partial charge in [-0.15, -0.1) is 11.8 Å². The van der Waals surface area contributed by atoms with Gasteiger partial charge in [-0.25, -0.2) is 0 Å². The molecule has 0 radical (unpaired) electrons. The lowest BCUT2D eigenvalue weighted by atomic mass is 10.0. The average molecular weight is 317 g/mol. The highest BCUT2D eigenvalue weighted by molar-refractivity contribution is 7.98. The minimum atomic E-state index is -0.998. The minimum absolute atomic E-state index is 0.289. The molecule has 3 N–H and O–H groups in total.